The lowest BCUT2D eigenvalue weighted by Crippen LogP contribution is -2.39. The highest BCUT2D eigenvalue weighted by Gasteiger charge is 2.28. The van der Waals surface area contributed by atoms with E-state index in [1.165, 1.54) is 14.1 Å². The Morgan fingerprint density at radius 1 is 1.09 bits per heavy atom. The number of benzene rings is 1. The minimum absolute atomic E-state index is 0.0684. The molecule has 0 aliphatic rings. The highest BCUT2D eigenvalue weighted by molar-refractivity contribution is 5.75. The van der Waals surface area contributed by atoms with Crippen LogP contribution in [0.1, 0.15) is 5.82 Å². The third-order valence-electron chi connectivity index (χ3n) is 4.13. The first-order valence-electron chi connectivity index (χ1n) is 6.81. The van der Waals surface area contributed by atoms with Gasteiger partial charge in [0.25, 0.3) is 11.5 Å². The smallest absolute Gasteiger partial charge is 0.333 e. The maximum atomic E-state index is 12.5. The predicted molar refractivity (Wildman–Crippen MR) is 81.3 cm³/mol. The lowest BCUT2D eigenvalue weighted by Gasteiger charge is -2.08. The topological polar surface area (TPSA) is 73.0 Å². The van der Waals surface area contributed by atoms with E-state index in [4.69, 9.17) is 0 Å². The van der Waals surface area contributed by atoms with E-state index in [1.54, 1.807) is 4.57 Å². The number of aromatic hydroxyl groups is 1. The van der Waals surface area contributed by atoms with Gasteiger partial charge < -0.3 is 5.11 Å². The van der Waals surface area contributed by atoms with Crippen molar-refractivity contribution in [3.8, 4) is 11.6 Å². The summed E-state index contributed by atoms with van der Waals surface area (Å²) >= 11 is 0. The Balaban J connectivity index is 2.57. The molecule has 2 aromatic heterocycles. The van der Waals surface area contributed by atoms with Crippen LogP contribution in [0.3, 0.4) is 0 Å². The molecule has 22 heavy (non-hydrogen) atoms. The number of aromatic nitrogens is 4. The molecule has 7 nitrogen and oxygen atoms in total. The summed E-state index contributed by atoms with van der Waals surface area (Å²) in [7, 11) is 4.72. The Kier molecular flexibility index (Phi) is 2.94. The van der Waals surface area contributed by atoms with Gasteiger partial charge in [-0.05, 0) is 12.1 Å². The minimum atomic E-state index is -0.565. The van der Waals surface area contributed by atoms with E-state index in [0.29, 0.717) is 0 Å². The summed E-state index contributed by atoms with van der Waals surface area (Å²) in [5, 5.41) is 10.3. The van der Waals surface area contributed by atoms with Gasteiger partial charge in [0, 0.05) is 21.0 Å². The number of aryl methyl sites for hydroxylation is 1. The summed E-state index contributed by atoms with van der Waals surface area (Å²) in [5.74, 6) is 0.421. The third kappa shape index (κ3) is 1.65. The molecule has 0 saturated carbocycles. The van der Waals surface area contributed by atoms with E-state index in [-0.39, 0.29) is 11.6 Å². The molecule has 114 valence electrons. The van der Waals surface area contributed by atoms with Crippen molar-refractivity contribution in [2.45, 2.75) is 6.92 Å². The third-order valence-corrected chi connectivity index (χ3v) is 4.13. The van der Waals surface area contributed by atoms with Crippen LogP contribution in [0.2, 0.25) is 0 Å². The monoisotopic (exact) mass is 301 g/mol. The van der Waals surface area contributed by atoms with Crippen molar-refractivity contribution in [2.24, 2.45) is 21.1 Å². The van der Waals surface area contributed by atoms with Crippen LogP contribution in [0.15, 0.2) is 33.9 Å². The molecular weight excluding hydrogens is 284 g/mol. The van der Waals surface area contributed by atoms with Crippen molar-refractivity contribution < 1.29 is 9.67 Å². The van der Waals surface area contributed by atoms with Crippen LogP contribution < -0.4 is 15.8 Å². The molecule has 0 aliphatic carbocycles. The van der Waals surface area contributed by atoms with Gasteiger partial charge in [-0.25, -0.2) is 9.36 Å². The first-order valence-corrected chi connectivity index (χ1v) is 6.81. The largest absolute Gasteiger partial charge is 0.491 e. The fourth-order valence-corrected chi connectivity index (χ4v) is 2.73. The zero-order valence-electron chi connectivity index (χ0n) is 12.9. The number of hydrogen-bond acceptors (Lipinski definition) is 3. The van der Waals surface area contributed by atoms with E-state index in [9.17, 15) is 14.7 Å². The second kappa shape index (κ2) is 4.59. The number of para-hydroxylation sites is 2. The van der Waals surface area contributed by atoms with Crippen LogP contribution in [-0.4, -0.2) is 18.8 Å². The summed E-state index contributed by atoms with van der Waals surface area (Å²) in [5.41, 5.74) is 0.678. The lowest BCUT2D eigenvalue weighted by molar-refractivity contribution is -0.652. The molecule has 0 bridgehead atoms. The van der Waals surface area contributed by atoms with Gasteiger partial charge >= 0.3 is 11.2 Å². The molecule has 3 rings (SSSR count). The average molecular weight is 301 g/mol. The number of rotatable bonds is 1. The predicted octanol–water partition coefficient (Wildman–Crippen LogP) is -0.134. The van der Waals surface area contributed by atoms with Crippen molar-refractivity contribution in [1.82, 2.24) is 13.7 Å². The van der Waals surface area contributed by atoms with Crippen LogP contribution in [0.5, 0.6) is 5.88 Å². The highest BCUT2D eigenvalue weighted by atomic mass is 16.3. The molecule has 0 atom stereocenters. The maximum Gasteiger partial charge on any atom is 0.333 e. The molecule has 0 fully saturated rings. The fourth-order valence-electron chi connectivity index (χ4n) is 2.73. The van der Waals surface area contributed by atoms with Gasteiger partial charge in [0.1, 0.15) is 0 Å². The van der Waals surface area contributed by atoms with Crippen LogP contribution in [0.25, 0.3) is 16.7 Å². The molecule has 2 heterocycles. The lowest BCUT2D eigenvalue weighted by atomic mass is 10.3. The Morgan fingerprint density at radius 3 is 2.41 bits per heavy atom. The van der Waals surface area contributed by atoms with Crippen molar-refractivity contribution in [2.75, 3.05) is 0 Å². The molecule has 0 amide bonds. The first kappa shape index (κ1) is 14.1. The van der Waals surface area contributed by atoms with E-state index >= 15 is 0 Å². The van der Waals surface area contributed by atoms with Crippen molar-refractivity contribution >= 4 is 11.0 Å². The SMILES string of the molecule is Cc1n(-c2c(O)n(C)c(=O)n(C)c2=O)c2ccccc2[n+]1C. The Hall–Kier alpha value is -2.83. The molecule has 7 heteroatoms. The maximum absolute atomic E-state index is 12.5. The average Bonchev–Trinajstić information content (AvgIpc) is 2.77. The van der Waals surface area contributed by atoms with Crippen molar-refractivity contribution in [3.05, 3.63) is 50.9 Å². The Labute approximate surface area is 125 Å². The number of fused-ring (bicyclic) bond motifs is 1. The molecule has 0 spiro atoms. The number of nitrogens with zero attached hydrogens (tertiary/aromatic N) is 4. The Morgan fingerprint density at radius 2 is 1.73 bits per heavy atom. The van der Waals surface area contributed by atoms with Crippen LogP contribution >= 0.6 is 0 Å². The van der Waals surface area contributed by atoms with Crippen molar-refractivity contribution in [3.63, 3.8) is 0 Å². The van der Waals surface area contributed by atoms with Gasteiger partial charge in [0.15, 0.2) is 11.0 Å². The van der Waals surface area contributed by atoms with Crippen LogP contribution in [-0.2, 0) is 21.1 Å². The summed E-state index contributed by atoms with van der Waals surface area (Å²) in [6, 6.07) is 7.57. The van der Waals surface area contributed by atoms with Crippen molar-refractivity contribution in [1.29, 1.82) is 0 Å². The number of imidazole rings is 1. The summed E-state index contributed by atoms with van der Waals surface area (Å²) in [6.07, 6.45) is 0. The van der Waals surface area contributed by atoms with Gasteiger partial charge in [0.05, 0.1) is 7.05 Å². The standard InChI is InChI=1S/C15H16N4O3/c1-9-16(2)10-7-5-6-8-11(10)19(9)12-13(20)17(3)15(22)18(4)14(12)21/h5-8H,1-4H3/p+1. The molecule has 0 unspecified atom stereocenters. The zero-order valence-corrected chi connectivity index (χ0v) is 12.9. The molecule has 0 radical (unpaired) electrons. The second-order valence-electron chi connectivity index (χ2n) is 5.31. The normalized spacial score (nSPS) is 11.3. The molecule has 0 saturated heterocycles. The summed E-state index contributed by atoms with van der Waals surface area (Å²) < 4.78 is 5.65. The first-order chi connectivity index (χ1) is 10.4. The summed E-state index contributed by atoms with van der Waals surface area (Å²) in [4.78, 5) is 24.4. The number of hydrogen-bond donors (Lipinski definition) is 1. The molecular formula is C15H17N4O3+. The van der Waals surface area contributed by atoms with Gasteiger partial charge in [-0.1, -0.05) is 12.1 Å². The van der Waals surface area contributed by atoms with Crippen LogP contribution in [0, 0.1) is 6.92 Å². The summed E-state index contributed by atoms with van der Waals surface area (Å²) in [6.45, 7) is 1.85. The van der Waals surface area contributed by atoms with Gasteiger partial charge in [-0.15, -0.1) is 0 Å². The fraction of sp³-hybridized carbons (Fsp3) is 0.267. The molecule has 1 aromatic carbocycles. The highest BCUT2D eigenvalue weighted by Crippen LogP contribution is 2.22. The second-order valence-corrected chi connectivity index (χ2v) is 5.31. The minimum Gasteiger partial charge on any atom is -0.491 e. The van der Waals surface area contributed by atoms with Gasteiger partial charge in [-0.2, -0.15) is 4.57 Å². The van der Waals surface area contributed by atoms with E-state index in [1.807, 2.05) is 42.8 Å². The quantitative estimate of drug-likeness (QED) is 0.636. The molecule has 3 aromatic rings. The van der Waals surface area contributed by atoms with Gasteiger partial charge in [-0.3, -0.25) is 13.9 Å². The van der Waals surface area contributed by atoms with Crippen LogP contribution in [0.4, 0.5) is 0 Å². The van der Waals surface area contributed by atoms with E-state index < -0.39 is 11.2 Å². The molecule has 1 N–H and O–H groups in total. The molecule has 0 aliphatic heterocycles. The van der Waals surface area contributed by atoms with Gasteiger partial charge in [0.2, 0.25) is 5.88 Å². The Bertz CT molecular complexity index is 1020. The zero-order chi connectivity index (χ0) is 16.2. The van der Waals surface area contributed by atoms with E-state index in [0.717, 1.165) is 26.0 Å². The van der Waals surface area contributed by atoms with E-state index in [2.05, 4.69) is 0 Å².